The van der Waals surface area contributed by atoms with Gasteiger partial charge in [0.15, 0.2) is 9.84 Å². The lowest BCUT2D eigenvalue weighted by Gasteiger charge is -2.20. The molecule has 0 amide bonds. The molecule has 2 N–H and O–H groups in total. The first-order chi connectivity index (χ1) is 19.0. The minimum Gasteiger partial charge on any atom is -0.495 e. The van der Waals surface area contributed by atoms with Crippen LogP contribution in [0.15, 0.2) is 81.2 Å². The lowest BCUT2D eigenvalue weighted by Crippen LogP contribution is -2.43. The maximum absolute atomic E-state index is 15.3. The summed E-state index contributed by atoms with van der Waals surface area (Å²) in [6.07, 6.45) is 0.950. The van der Waals surface area contributed by atoms with Gasteiger partial charge in [-0.25, -0.2) is 17.6 Å². The molecular formula is C28H25ClFN3O6S. The molecular weight excluding hydrogens is 561 g/mol. The molecule has 0 saturated carbocycles. The van der Waals surface area contributed by atoms with E-state index < -0.39 is 39.0 Å². The highest BCUT2D eigenvalue weighted by Gasteiger charge is 2.37. The number of nitrogens with zero attached hydrogens (tertiary/aromatic N) is 2. The number of methoxy groups -OCH3 is 1. The fourth-order valence-corrected chi connectivity index (χ4v) is 6.19. The Kier molecular flexibility index (Phi) is 7.30. The molecule has 0 fully saturated rings. The van der Waals surface area contributed by atoms with E-state index in [1.165, 1.54) is 19.2 Å². The van der Waals surface area contributed by atoms with E-state index in [0.29, 0.717) is 5.56 Å². The van der Waals surface area contributed by atoms with Crippen molar-refractivity contribution in [1.29, 1.82) is 0 Å². The predicted octanol–water partition coefficient (Wildman–Crippen LogP) is 3.56. The largest absolute Gasteiger partial charge is 0.495 e. The molecule has 5 rings (SSSR count). The van der Waals surface area contributed by atoms with E-state index in [0.717, 1.165) is 21.5 Å². The summed E-state index contributed by atoms with van der Waals surface area (Å²) in [6.45, 7) is -0.527. The molecule has 2 atom stereocenters. The van der Waals surface area contributed by atoms with Crippen LogP contribution in [0.25, 0.3) is 11.1 Å². The van der Waals surface area contributed by atoms with E-state index in [4.69, 9.17) is 26.8 Å². The topological polar surface area (TPSA) is 123 Å². The monoisotopic (exact) mass is 585 g/mol. The first kappa shape index (κ1) is 27.6. The molecule has 1 aromatic heterocycles. The van der Waals surface area contributed by atoms with E-state index in [1.807, 2.05) is 6.07 Å². The predicted molar refractivity (Wildman–Crippen MR) is 148 cm³/mol. The highest BCUT2D eigenvalue weighted by molar-refractivity contribution is 7.90. The summed E-state index contributed by atoms with van der Waals surface area (Å²) in [4.78, 5) is 27.6. The van der Waals surface area contributed by atoms with Gasteiger partial charge in [-0.15, -0.1) is 0 Å². The molecule has 1 aliphatic heterocycles. The molecule has 0 bridgehead atoms. The average Bonchev–Trinajstić information content (AvgIpc) is 3.36. The van der Waals surface area contributed by atoms with Crippen LogP contribution in [0.2, 0.25) is 5.02 Å². The number of fused-ring (bicyclic) bond motifs is 1. The van der Waals surface area contributed by atoms with Crippen LogP contribution < -0.4 is 26.5 Å². The van der Waals surface area contributed by atoms with Crippen molar-refractivity contribution in [2.75, 3.05) is 20.0 Å². The van der Waals surface area contributed by atoms with Crippen molar-refractivity contribution in [3.63, 3.8) is 0 Å². The number of ether oxygens (including phenoxy) is 2. The molecule has 2 unspecified atom stereocenters. The number of halogens is 2. The molecule has 9 nitrogen and oxygen atoms in total. The summed E-state index contributed by atoms with van der Waals surface area (Å²) in [7, 11) is -2.48. The number of aromatic nitrogens is 2. The highest BCUT2D eigenvalue weighted by atomic mass is 35.5. The van der Waals surface area contributed by atoms with E-state index in [9.17, 15) is 18.0 Å². The fourth-order valence-electron chi connectivity index (χ4n) is 4.93. The van der Waals surface area contributed by atoms with Crippen molar-refractivity contribution >= 4 is 21.4 Å². The molecule has 1 aliphatic rings. The lowest BCUT2D eigenvalue weighted by atomic mass is 10.0. The summed E-state index contributed by atoms with van der Waals surface area (Å²) < 4.78 is 53.7. The molecule has 12 heteroatoms. The fraction of sp³-hybridized carbons (Fsp3) is 0.214. The van der Waals surface area contributed by atoms with Gasteiger partial charge in [0, 0.05) is 23.4 Å². The second-order valence-electron chi connectivity index (χ2n) is 9.34. The van der Waals surface area contributed by atoms with Gasteiger partial charge in [-0.3, -0.25) is 13.9 Å². The third kappa shape index (κ3) is 4.70. The van der Waals surface area contributed by atoms with Crippen LogP contribution in [-0.4, -0.2) is 37.5 Å². The van der Waals surface area contributed by atoms with Crippen LogP contribution in [0.5, 0.6) is 11.6 Å². The number of hydrogen-bond acceptors (Lipinski definition) is 7. The Bertz CT molecular complexity index is 1840. The quantitative estimate of drug-likeness (QED) is 0.352. The smallest absolute Gasteiger partial charge is 0.334 e. The van der Waals surface area contributed by atoms with Crippen molar-refractivity contribution in [2.45, 2.75) is 23.5 Å². The normalized spacial score (nSPS) is 15.4. The first-order valence-electron chi connectivity index (χ1n) is 12.2. The summed E-state index contributed by atoms with van der Waals surface area (Å²) >= 11 is 6.59. The van der Waals surface area contributed by atoms with Crippen molar-refractivity contribution in [3.05, 3.63) is 110 Å². The summed E-state index contributed by atoms with van der Waals surface area (Å²) in [5, 5.41) is 0.0947. The second kappa shape index (κ2) is 10.6. The summed E-state index contributed by atoms with van der Waals surface area (Å²) in [5.41, 5.74) is 5.43. The Morgan fingerprint density at radius 3 is 2.48 bits per heavy atom. The molecule has 208 valence electrons. The Morgan fingerprint density at radius 1 is 1.10 bits per heavy atom. The van der Waals surface area contributed by atoms with E-state index in [2.05, 4.69) is 0 Å². The maximum atomic E-state index is 15.3. The molecule has 4 aromatic rings. The van der Waals surface area contributed by atoms with Crippen LogP contribution in [0.4, 0.5) is 4.39 Å². The summed E-state index contributed by atoms with van der Waals surface area (Å²) in [6, 6.07) is 15.4. The van der Waals surface area contributed by atoms with Gasteiger partial charge in [-0.05, 0) is 23.8 Å². The zero-order chi connectivity index (χ0) is 28.8. The third-order valence-electron chi connectivity index (χ3n) is 6.82. The minimum atomic E-state index is -3.90. The molecule has 0 aliphatic carbocycles. The van der Waals surface area contributed by atoms with Gasteiger partial charge in [0.2, 0.25) is 5.88 Å². The number of rotatable bonds is 7. The van der Waals surface area contributed by atoms with Crippen LogP contribution >= 0.6 is 11.6 Å². The number of benzene rings is 3. The Balaban J connectivity index is 1.82. The van der Waals surface area contributed by atoms with Crippen molar-refractivity contribution in [1.82, 2.24) is 9.13 Å². The second-order valence-corrected chi connectivity index (χ2v) is 11.7. The van der Waals surface area contributed by atoms with Crippen LogP contribution in [-0.2, 0) is 16.4 Å². The first-order valence-corrected chi connectivity index (χ1v) is 14.5. The zero-order valence-corrected chi connectivity index (χ0v) is 23.1. The number of sulfone groups is 1. The third-order valence-corrected chi connectivity index (χ3v) is 8.37. The number of nitrogens with two attached hydrogens (primary N) is 1. The van der Waals surface area contributed by atoms with Gasteiger partial charge in [0.25, 0.3) is 5.56 Å². The minimum absolute atomic E-state index is 0.0662. The number of hydrogen-bond donors (Lipinski definition) is 1. The Labute approximate surface area is 234 Å². The molecule has 3 aromatic carbocycles. The van der Waals surface area contributed by atoms with Crippen molar-refractivity contribution in [3.8, 4) is 22.8 Å². The van der Waals surface area contributed by atoms with Gasteiger partial charge in [-0.1, -0.05) is 60.1 Å². The molecule has 0 saturated heterocycles. The highest BCUT2D eigenvalue weighted by Crippen LogP contribution is 2.42. The lowest BCUT2D eigenvalue weighted by molar-refractivity contribution is 0.339. The molecule has 40 heavy (non-hydrogen) atoms. The van der Waals surface area contributed by atoms with Crippen LogP contribution in [0.3, 0.4) is 0 Å². The van der Waals surface area contributed by atoms with Crippen LogP contribution in [0.1, 0.15) is 23.2 Å². The van der Waals surface area contributed by atoms with Gasteiger partial charge in [-0.2, -0.15) is 0 Å². The summed E-state index contributed by atoms with van der Waals surface area (Å²) in [5.74, 6) is -0.725. The Morgan fingerprint density at radius 2 is 1.80 bits per heavy atom. The van der Waals surface area contributed by atoms with E-state index in [-0.39, 0.29) is 51.4 Å². The zero-order valence-electron chi connectivity index (χ0n) is 21.5. The standard InChI is InChI=1S/C28H25ClFN3O6S/c1-38-21-12-6-10-17(25(21)29)23-26(34)32(14-19(31)16-8-4-3-5-9-16)28(35)33-20(15-39-27(23)33)24-18(30)11-7-13-22(24)40(2,36)37/h3-13,19-20H,14-15,31H2,1-2H3. The molecule has 0 spiro atoms. The van der Waals surface area contributed by atoms with Crippen LogP contribution in [0, 0.1) is 5.82 Å². The Hall–Kier alpha value is -3.93. The van der Waals surface area contributed by atoms with E-state index >= 15 is 4.39 Å². The van der Waals surface area contributed by atoms with Gasteiger partial charge >= 0.3 is 5.69 Å². The van der Waals surface area contributed by atoms with Gasteiger partial charge in [0.1, 0.15) is 29.8 Å². The van der Waals surface area contributed by atoms with Crippen molar-refractivity contribution in [2.24, 2.45) is 5.73 Å². The van der Waals surface area contributed by atoms with Gasteiger partial charge in [0.05, 0.1) is 23.6 Å². The van der Waals surface area contributed by atoms with Crippen molar-refractivity contribution < 1.29 is 22.3 Å². The maximum Gasteiger partial charge on any atom is 0.334 e. The molecule has 2 heterocycles. The van der Waals surface area contributed by atoms with Gasteiger partial charge < -0.3 is 15.2 Å². The molecule has 0 radical (unpaired) electrons. The average molecular weight is 586 g/mol. The SMILES string of the molecule is COc1cccc(-c2c3n(c(=O)n(CC(N)c4ccccc4)c2=O)C(c2c(F)cccc2S(C)(=O)=O)CO3)c1Cl. The van der Waals surface area contributed by atoms with E-state index in [1.54, 1.807) is 42.5 Å².